The normalized spacial score (nSPS) is 18.8. The Hall–Kier alpha value is -1.73. The third-order valence-electron chi connectivity index (χ3n) is 3.78. The van der Waals surface area contributed by atoms with Crippen molar-refractivity contribution in [2.45, 2.75) is 18.9 Å². The molecule has 3 heterocycles. The van der Waals surface area contributed by atoms with Gasteiger partial charge >= 0.3 is 0 Å². The topological polar surface area (TPSA) is 79.1 Å². The molecule has 2 aromatic heterocycles. The first-order chi connectivity index (χ1) is 9.79. The van der Waals surface area contributed by atoms with E-state index in [1.807, 2.05) is 7.05 Å². The predicted octanol–water partition coefficient (Wildman–Crippen LogP) is -0.0860. The summed E-state index contributed by atoms with van der Waals surface area (Å²) in [6, 6.07) is 0.461. The molecule has 2 N–H and O–H groups in total. The van der Waals surface area contributed by atoms with Crippen LogP contribution in [0, 0.1) is 0 Å². The summed E-state index contributed by atoms with van der Waals surface area (Å²) >= 11 is 0. The lowest BCUT2D eigenvalue weighted by molar-refractivity contribution is 0.300. The lowest BCUT2D eigenvalue weighted by Crippen LogP contribution is -2.39. The Kier molecular flexibility index (Phi) is 3.79. The summed E-state index contributed by atoms with van der Waals surface area (Å²) in [5.41, 5.74) is 0.817. The van der Waals surface area contributed by atoms with E-state index in [0.29, 0.717) is 12.6 Å². The zero-order valence-corrected chi connectivity index (χ0v) is 11.7. The zero-order chi connectivity index (χ0) is 13.9. The van der Waals surface area contributed by atoms with Gasteiger partial charge in [-0.25, -0.2) is 9.97 Å². The van der Waals surface area contributed by atoms with Crippen LogP contribution in [0.2, 0.25) is 0 Å². The minimum Gasteiger partial charge on any atom is -0.395 e. The average Bonchev–Trinajstić information content (AvgIpc) is 3.09. The highest BCUT2D eigenvalue weighted by atomic mass is 16.3. The van der Waals surface area contributed by atoms with E-state index in [-0.39, 0.29) is 6.61 Å². The van der Waals surface area contributed by atoms with E-state index < -0.39 is 0 Å². The van der Waals surface area contributed by atoms with Crippen LogP contribution in [0.1, 0.15) is 12.8 Å². The van der Waals surface area contributed by atoms with Gasteiger partial charge in [-0.15, -0.1) is 0 Å². The second-order valence-corrected chi connectivity index (χ2v) is 5.17. The van der Waals surface area contributed by atoms with Crippen LogP contribution in [0.3, 0.4) is 0 Å². The number of aryl methyl sites for hydroxylation is 1. The summed E-state index contributed by atoms with van der Waals surface area (Å²) in [7, 11) is 1.87. The minimum atomic E-state index is 0.110. The molecule has 0 amide bonds. The highest BCUT2D eigenvalue weighted by molar-refractivity contribution is 5.86. The van der Waals surface area contributed by atoms with Crippen LogP contribution >= 0.6 is 0 Å². The first-order valence-electron chi connectivity index (χ1n) is 7.01. The first-order valence-corrected chi connectivity index (χ1v) is 7.01. The number of nitrogens with zero attached hydrogens (tertiary/aromatic N) is 5. The molecule has 7 heteroatoms. The number of hydrogen-bond acceptors (Lipinski definition) is 6. The largest absolute Gasteiger partial charge is 0.395 e. The van der Waals surface area contributed by atoms with Gasteiger partial charge in [-0.05, 0) is 19.4 Å². The molecule has 0 radical (unpaired) electrons. The van der Waals surface area contributed by atoms with Gasteiger partial charge in [0.15, 0.2) is 5.65 Å². The summed E-state index contributed by atoms with van der Waals surface area (Å²) in [6.45, 7) is 2.60. The lowest BCUT2D eigenvalue weighted by Gasteiger charge is -2.26. The van der Waals surface area contributed by atoms with Crippen molar-refractivity contribution < 1.29 is 5.11 Å². The molecule has 20 heavy (non-hydrogen) atoms. The summed E-state index contributed by atoms with van der Waals surface area (Å²) in [4.78, 5) is 10.8. The number of aromatic nitrogens is 4. The van der Waals surface area contributed by atoms with Gasteiger partial charge in [0.1, 0.15) is 12.1 Å². The van der Waals surface area contributed by atoms with Crippen molar-refractivity contribution in [3.8, 4) is 0 Å². The molecule has 0 saturated carbocycles. The Labute approximate surface area is 117 Å². The molecule has 1 unspecified atom stereocenters. The number of fused-ring (bicyclic) bond motifs is 1. The molecule has 0 spiro atoms. The summed E-state index contributed by atoms with van der Waals surface area (Å²) in [5.74, 6) is 0.853. The van der Waals surface area contributed by atoms with Crippen LogP contribution < -0.4 is 10.2 Å². The molecule has 1 atom stereocenters. The highest BCUT2D eigenvalue weighted by Gasteiger charge is 2.21. The molecule has 1 aliphatic heterocycles. The number of rotatable bonds is 5. The molecule has 0 aromatic carbocycles. The molecule has 0 bridgehead atoms. The van der Waals surface area contributed by atoms with Crippen molar-refractivity contribution in [3.63, 3.8) is 0 Å². The maximum atomic E-state index is 9.32. The summed E-state index contributed by atoms with van der Waals surface area (Å²) in [6.07, 6.45) is 5.73. The summed E-state index contributed by atoms with van der Waals surface area (Å²) < 4.78 is 1.74. The third-order valence-corrected chi connectivity index (χ3v) is 3.78. The van der Waals surface area contributed by atoms with Gasteiger partial charge in [-0.2, -0.15) is 5.10 Å². The standard InChI is InChI=1S/C13H20N6O/c1-18-12-11(7-17-18)13(16-9-15-12)19(5-6-20)8-10-3-2-4-14-10/h7,9-10,14,20H,2-6,8H2,1H3. The van der Waals surface area contributed by atoms with Gasteiger partial charge < -0.3 is 15.3 Å². The SMILES string of the molecule is Cn1ncc2c(N(CCO)CC3CCCN3)ncnc21. The van der Waals surface area contributed by atoms with E-state index in [0.717, 1.165) is 29.9 Å². The van der Waals surface area contributed by atoms with Gasteiger partial charge in [0.2, 0.25) is 0 Å². The Morgan fingerprint density at radius 2 is 2.40 bits per heavy atom. The predicted molar refractivity (Wildman–Crippen MR) is 76.6 cm³/mol. The van der Waals surface area contributed by atoms with Crippen molar-refractivity contribution in [2.24, 2.45) is 7.05 Å². The summed E-state index contributed by atoms with van der Waals surface area (Å²) in [5, 5.41) is 18.0. The van der Waals surface area contributed by atoms with E-state index >= 15 is 0 Å². The molecule has 108 valence electrons. The van der Waals surface area contributed by atoms with E-state index in [4.69, 9.17) is 0 Å². The van der Waals surface area contributed by atoms with Crippen molar-refractivity contribution >= 4 is 16.9 Å². The Morgan fingerprint density at radius 1 is 1.50 bits per heavy atom. The van der Waals surface area contributed by atoms with Crippen molar-refractivity contribution in [1.29, 1.82) is 0 Å². The van der Waals surface area contributed by atoms with E-state index in [1.54, 1.807) is 17.2 Å². The lowest BCUT2D eigenvalue weighted by atomic mass is 10.2. The monoisotopic (exact) mass is 276 g/mol. The maximum absolute atomic E-state index is 9.32. The minimum absolute atomic E-state index is 0.110. The van der Waals surface area contributed by atoms with Gasteiger partial charge in [-0.3, -0.25) is 4.68 Å². The second-order valence-electron chi connectivity index (χ2n) is 5.17. The van der Waals surface area contributed by atoms with Gasteiger partial charge in [0.05, 0.1) is 18.2 Å². The van der Waals surface area contributed by atoms with Gasteiger partial charge in [0.25, 0.3) is 0 Å². The Balaban J connectivity index is 1.91. The molecule has 3 rings (SSSR count). The molecule has 1 aliphatic rings. The Bertz CT molecular complexity index is 577. The number of hydrogen-bond donors (Lipinski definition) is 2. The average molecular weight is 276 g/mol. The van der Waals surface area contributed by atoms with Gasteiger partial charge in [0, 0.05) is 26.2 Å². The molecule has 1 fully saturated rings. The number of aliphatic hydroxyl groups is 1. The van der Waals surface area contributed by atoms with Gasteiger partial charge in [-0.1, -0.05) is 0 Å². The van der Waals surface area contributed by atoms with Crippen LogP contribution in [0.25, 0.3) is 11.0 Å². The smallest absolute Gasteiger partial charge is 0.163 e. The molecule has 1 saturated heterocycles. The fourth-order valence-electron chi connectivity index (χ4n) is 2.78. The molecular weight excluding hydrogens is 256 g/mol. The van der Waals surface area contributed by atoms with Crippen molar-refractivity contribution in [1.82, 2.24) is 25.1 Å². The maximum Gasteiger partial charge on any atom is 0.163 e. The molecule has 7 nitrogen and oxygen atoms in total. The molecule has 2 aromatic rings. The number of anilines is 1. The van der Waals surface area contributed by atoms with Crippen LogP contribution in [0.15, 0.2) is 12.5 Å². The van der Waals surface area contributed by atoms with Crippen LogP contribution in [-0.2, 0) is 7.05 Å². The van der Waals surface area contributed by atoms with Crippen LogP contribution in [0.4, 0.5) is 5.82 Å². The molecule has 0 aliphatic carbocycles. The molecular formula is C13H20N6O. The van der Waals surface area contributed by atoms with E-state index in [2.05, 4.69) is 25.3 Å². The highest BCUT2D eigenvalue weighted by Crippen LogP contribution is 2.23. The number of aliphatic hydroxyl groups excluding tert-OH is 1. The Morgan fingerprint density at radius 3 is 3.15 bits per heavy atom. The third kappa shape index (κ3) is 2.46. The second kappa shape index (κ2) is 5.72. The van der Waals surface area contributed by atoms with E-state index in [9.17, 15) is 5.11 Å². The van der Waals surface area contributed by atoms with Crippen molar-refractivity contribution in [2.75, 3.05) is 31.1 Å². The van der Waals surface area contributed by atoms with Crippen LogP contribution in [0.5, 0.6) is 0 Å². The number of nitrogens with one attached hydrogen (secondary N) is 1. The fraction of sp³-hybridized carbons (Fsp3) is 0.615. The fourth-order valence-corrected chi connectivity index (χ4v) is 2.78. The zero-order valence-electron chi connectivity index (χ0n) is 11.7. The quantitative estimate of drug-likeness (QED) is 0.795. The first kappa shape index (κ1) is 13.3. The van der Waals surface area contributed by atoms with Crippen LogP contribution in [-0.4, -0.2) is 57.1 Å². The van der Waals surface area contributed by atoms with E-state index in [1.165, 1.54) is 12.8 Å². The van der Waals surface area contributed by atoms with Crippen molar-refractivity contribution in [3.05, 3.63) is 12.5 Å².